The van der Waals surface area contributed by atoms with Crippen molar-refractivity contribution in [2.45, 2.75) is 6.61 Å². The first-order chi connectivity index (χ1) is 8.97. The molecular weight excluding hydrogens is 298 g/mol. The molecule has 0 amide bonds. The van der Waals surface area contributed by atoms with Crippen molar-refractivity contribution < 1.29 is 73.5 Å². The van der Waals surface area contributed by atoms with Crippen molar-refractivity contribution in [1.29, 1.82) is 0 Å². The molecule has 100 valence electrons. The topological polar surface area (TPSA) is 9.23 Å². The summed E-state index contributed by atoms with van der Waals surface area (Å²) in [6.45, 7) is -5.27. The molecule has 0 N–H and O–H groups in total. The number of hydrogen-bond acceptors (Lipinski definition) is 1. The van der Waals surface area contributed by atoms with E-state index in [-0.39, 0.29) is 63.6 Å². The first-order valence-electron chi connectivity index (χ1n) is 5.63. The van der Waals surface area contributed by atoms with E-state index in [4.69, 9.17) is 4.74 Å². The summed E-state index contributed by atoms with van der Waals surface area (Å²) in [6, 6.07) is 10.4. The summed E-state index contributed by atoms with van der Waals surface area (Å²) in [5, 5.41) is 0. The SMILES string of the molecule is Fc1ccc(OCc2ccccc2[B-](F)(F)F)cc1.[K+]. The molecule has 2 rings (SSSR count). The van der Waals surface area contributed by atoms with Crippen LogP contribution >= 0.6 is 0 Å². The van der Waals surface area contributed by atoms with Gasteiger partial charge in [0.15, 0.2) is 0 Å². The Morgan fingerprint density at radius 1 is 0.900 bits per heavy atom. The van der Waals surface area contributed by atoms with E-state index in [1.54, 1.807) is 0 Å². The number of benzene rings is 2. The Kier molecular flexibility index (Phi) is 6.74. The summed E-state index contributed by atoms with van der Waals surface area (Å²) in [5.74, 6) is -0.0998. The summed E-state index contributed by atoms with van der Waals surface area (Å²) in [4.78, 5) is 0. The van der Waals surface area contributed by atoms with Gasteiger partial charge in [-0.15, -0.1) is 5.46 Å². The van der Waals surface area contributed by atoms with Gasteiger partial charge in [-0.2, -0.15) is 0 Å². The Hall–Kier alpha value is -0.339. The predicted molar refractivity (Wildman–Crippen MR) is 65.9 cm³/mol. The van der Waals surface area contributed by atoms with Gasteiger partial charge in [0.05, 0.1) is 0 Å². The molecule has 0 radical (unpaired) electrons. The molecule has 0 aliphatic heterocycles. The minimum atomic E-state index is -5.07. The van der Waals surface area contributed by atoms with Gasteiger partial charge in [-0.1, -0.05) is 24.3 Å². The van der Waals surface area contributed by atoms with Gasteiger partial charge >= 0.3 is 58.4 Å². The van der Waals surface area contributed by atoms with Crippen LogP contribution in [0.5, 0.6) is 5.75 Å². The third-order valence-corrected chi connectivity index (χ3v) is 2.62. The zero-order valence-corrected chi connectivity index (χ0v) is 13.9. The standard InChI is InChI=1S/C13H10BF4O.K/c15-11-5-7-12(8-6-11)19-9-10-3-1-2-4-13(10)14(16,17)18;/h1-8H,9H2;/q-1;+1. The monoisotopic (exact) mass is 308 g/mol. The Bertz CT molecular complexity index is 557. The molecule has 2 aromatic rings. The second-order valence-corrected chi connectivity index (χ2v) is 4.02. The van der Waals surface area contributed by atoms with Crippen LogP contribution in [0.15, 0.2) is 48.5 Å². The zero-order valence-electron chi connectivity index (χ0n) is 10.8. The minimum Gasteiger partial charge on any atom is -0.489 e. The zero-order chi connectivity index (χ0) is 13.9. The molecule has 0 unspecified atom stereocenters. The van der Waals surface area contributed by atoms with Gasteiger partial charge in [0.2, 0.25) is 0 Å². The summed E-state index contributed by atoms with van der Waals surface area (Å²) >= 11 is 0. The van der Waals surface area contributed by atoms with Gasteiger partial charge in [0.25, 0.3) is 0 Å². The first kappa shape index (κ1) is 17.7. The fourth-order valence-electron chi connectivity index (χ4n) is 1.68. The van der Waals surface area contributed by atoms with Crippen molar-refractivity contribution in [3.8, 4) is 5.75 Å². The van der Waals surface area contributed by atoms with Gasteiger partial charge in [0.1, 0.15) is 18.2 Å². The van der Waals surface area contributed by atoms with E-state index in [1.807, 2.05) is 0 Å². The minimum absolute atomic E-state index is 0. The summed E-state index contributed by atoms with van der Waals surface area (Å²) in [7, 11) is 0. The maximum absolute atomic E-state index is 12.8. The number of halogens is 4. The fraction of sp³-hybridized carbons (Fsp3) is 0.0769. The molecule has 0 atom stereocenters. The van der Waals surface area contributed by atoms with E-state index in [1.165, 1.54) is 42.5 Å². The molecule has 0 saturated heterocycles. The average molecular weight is 308 g/mol. The molecule has 7 heteroatoms. The number of ether oxygens (including phenoxy) is 1. The van der Waals surface area contributed by atoms with E-state index in [0.717, 1.165) is 6.07 Å². The van der Waals surface area contributed by atoms with Crippen LogP contribution in [0.25, 0.3) is 0 Å². The van der Waals surface area contributed by atoms with Crippen LogP contribution in [0.1, 0.15) is 5.56 Å². The fourth-order valence-corrected chi connectivity index (χ4v) is 1.68. The summed E-state index contributed by atoms with van der Waals surface area (Å²) in [5.41, 5.74) is -0.594. The molecule has 0 aromatic heterocycles. The van der Waals surface area contributed by atoms with Crippen molar-refractivity contribution in [2.24, 2.45) is 0 Å². The molecule has 0 spiro atoms. The van der Waals surface area contributed by atoms with E-state index in [9.17, 15) is 17.3 Å². The van der Waals surface area contributed by atoms with Crippen LogP contribution in [-0.4, -0.2) is 6.98 Å². The molecular formula is C13H10BF4KO. The van der Waals surface area contributed by atoms with Crippen LogP contribution in [-0.2, 0) is 6.61 Å². The second kappa shape index (κ2) is 7.61. The van der Waals surface area contributed by atoms with Gasteiger partial charge in [-0.05, 0) is 29.8 Å². The largest absolute Gasteiger partial charge is 1.00 e. The van der Waals surface area contributed by atoms with Crippen molar-refractivity contribution in [3.63, 3.8) is 0 Å². The maximum Gasteiger partial charge on any atom is 1.00 e. The van der Waals surface area contributed by atoms with Crippen LogP contribution in [0.3, 0.4) is 0 Å². The van der Waals surface area contributed by atoms with Crippen LogP contribution in [0, 0.1) is 5.82 Å². The van der Waals surface area contributed by atoms with Gasteiger partial charge in [0, 0.05) is 0 Å². The van der Waals surface area contributed by atoms with Crippen molar-refractivity contribution in [3.05, 3.63) is 59.9 Å². The smallest absolute Gasteiger partial charge is 0.489 e. The van der Waals surface area contributed by atoms with E-state index < -0.39 is 18.3 Å². The van der Waals surface area contributed by atoms with Gasteiger partial charge in [-0.25, -0.2) is 4.39 Å². The van der Waals surface area contributed by atoms with Gasteiger partial charge < -0.3 is 17.7 Å². The van der Waals surface area contributed by atoms with Gasteiger partial charge in [-0.3, -0.25) is 0 Å². The Morgan fingerprint density at radius 3 is 2.10 bits per heavy atom. The predicted octanol–water partition coefficient (Wildman–Crippen LogP) is 0.463. The summed E-state index contributed by atoms with van der Waals surface area (Å²) in [6.07, 6.45) is 0. The second-order valence-electron chi connectivity index (χ2n) is 4.02. The number of rotatable bonds is 4. The van der Waals surface area contributed by atoms with Crippen LogP contribution in [0.2, 0.25) is 0 Å². The molecule has 0 fully saturated rings. The Morgan fingerprint density at radius 2 is 1.50 bits per heavy atom. The van der Waals surface area contributed by atoms with Crippen molar-refractivity contribution >= 4 is 12.4 Å². The quantitative estimate of drug-likeness (QED) is 0.589. The molecule has 0 aliphatic rings. The molecule has 20 heavy (non-hydrogen) atoms. The third kappa shape index (κ3) is 4.89. The number of hydrogen-bond donors (Lipinski definition) is 0. The molecule has 0 saturated carbocycles. The maximum atomic E-state index is 12.8. The Balaban J connectivity index is 0.00000200. The van der Waals surface area contributed by atoms with E-state index in [2.05, 4.69) is 0 Å². The molecule has 0 heterocycles. The van der Waals surface area contributed by atoms with Crippen LogP contribution < -0.4 is 61.6 Å². The average Bonchev–Trinajstić information content (AvgIpc) is 2.37. The normalized spacial score (nSPS) is 10.8. The van der Waals surface area contributed by atoms with E-state index in [0.29, 0.717) is 5.75 Å². The van der Waals surface area contributed by atoms with Crippen molar-refractivity contribution in [2.75, 3.05) is 0 Å². The molecule has 0 aliphatic carbocycles. The molecule has 1 nitrogen and oxygen atoms in total. The van der Waals surface area contributed by atoms with Crippen molar-refractivity contribution in [1.82, 2.24) is 0 Å². The summed E-state index contributed by atoms with van der Waals surface area (Å²) < 4.78 is 56.2. The molecule has 0 bridgehead atoms. The third-order valence-electron chi connectivity index (χ3n) is 2.62. The van der Waals surface area contributed by atoms with E-state index >= 15 is 0 Å². The molecule has 2 aromatic carbocycles. The first-order valence-corrected chi connectivity index (χ1v) is 5.63. The van der Waals surface area contributed by atoms with Crippen LogP contribution in [0.4, 0.5) is 17.3 Å². The Labute approximate surface area is 156 Å².